The van der Waals surface area contributed by atoms with Crippen molar-refractivity contribution in [1.29, 1.82) is 0 Å². The van der Waals surface area contributed by atoms with E-state index in [1.807, 2.05) is 41.9 Å². The maximum atomic E-state index is 12.8. The summed E-state index contributed by atoms with van der Waals surface area (Å²) in [5.41, 5.74) is 1.34. The minimum absolute atomic E-state index is 0.165. The Labute approximate surface area is 173 Å². The SMILES string of the molecule is Cn1ccnc1[C@H](NC(=O)C[C@@H]1NC(=O)N(c2ccccc2)C1=O)c1ccccc1. The van der Waals surface area contributed by atoms with Crippen LogP contribution < -0.4 is 15.5 Å². The van der Waals surface area contributed by atoms with Gasteiger partial charge in [0.05, 0.1) is 12.1 Å². The molecule has 0 aliphatic carbocycles. The van der Waals surface area contributed by atoms with Crippen molar-refractivity contribution >= 4 is 23.5 Å². The number of hydrogen-bond acceptors (Lipinski definition) is 4. The summed E-state index contributed by atoms with van der Waals surface area (Å²) in [7, 11) is 1.85. The summed E-state index contributed by atoms with van der Waals surface area (Å²) in [5, 5.41) is 5.55. The molecule has 1 aliphatic rings. The third-order valence-corrected chi connectivity index (χ3v) is 4.98. The Morgan fingerprint density at radius 2 is 1.77 bits per heavy atom. The molecule has 2 aromatic carbocycles. The van der Waals surface area contributed by atoms with E-state index in [4.69, 9.17) is 0 Å². The lowest BCUT2D eigenvalue weighted by Crippen LogP contribution is -2.38. The van der Waals surface area contributed by atoms with Gasteiger partial charge in [0.15, 0.2) is 0 Å². The highest BCUT2D eigenvalue weighted by atomic mass is 16.2. The van der Waals surface area contributed by atoms with Crippen LogP contribution >= 0.6 is 0 Å². The van der Waals surface area contributed by atoms with Crippen LogP contribution in [0.25, 0.3) is 0 Å². The molecular formula is C22H21N5O3. The molecule has 1 saturated heterocycles. The first-order chi connectivity index (χ1) is 14.5. The summed E-state index contributed by atoms with van der Waals surface area (Å²) in [4.78, 5) is 43.3. The molecule has 8 nitrogen and oxygen atoms in total. The van der Waals surface area contributed by atoms with Crippen LogP contribution in [0.3, 0.4) is 0 Å². The molecule has 4 amide bonds. The highest BCUT2D eigenvalue weighted by Crippen LogP contribution is 2.22. The summed E-state index contributed by atoms with van der Waals surface area (Å²) in [5.74, 6) is -0.141. The fraction of sp³-hybridized carbons (Fsp3) is 0.182. The molecule has 0 spiro atoms. The van der Waals surface area contributed by atoms with E-state index in [1.54, 1.807) is 42.7 Å². The maximum absolute atomic E-state index is 12.8. The number of urea groups is 1. The fourth-order valence-corrected chi connectivity index (χ4v) is 3.49. The normalized spacial score (nSPS) is 17.0. The van der Waals surface area contributed by atoms with Crippen LogP contribution in [0.15, 0.2) is 73.1 Å². The van der Waals surface area contributed by atoms with Crippen molar-refractivity contribution in [1.82, 2.24) is 20.2 Å². The first-order valence-corrected chi connectivity index (χ1v) is 9.55. The lowest BCUT2D eigenvalue weighted by Gasteiger charge is -2.20. The Hall–Kier alpha value is -3.94. The third kappa shape index (κ3) is 3.80. The molecule has 0 unspecified atom stereocenters. The highest BCUT2D eigenvalue weighted by molar-refractivity contribution is 6.22. The Bertz CT molecular complexity index is 1060. The third-order valence-electron chi connectivity index (χ3n) is 4.98. The average Bonchev–Trinajstić information content (AvgIpc) is 3.30. The molecular weight excluding hydrogens is 382 g/mol. The van der Waals surface area contributed by atoms with E-state index in [0.717, 1.165) is 10.5 Å². The summed E-state index contributed by atoms with van der Waals surface area (Å²) in [6.07, 6.45) is 3.30. The molecule has 0 saturated carbocycles. The van der Waals surface area contributed by atoms with Crippen molar-refractivity contribution in [2.24, 2.45) is 7.05 Å². The van der Waals surface area contributed by atoms with E-state index in [9.17, 15) is 14.4 Å². The van der Waals surface area contributed by atoms with Gasteiger partial charge in [-0.1, -0.05) is 48.5 Å². The smallest absolute Gasteiger partial charge is 0.329 e. The molecule has 2 N–H and O–H groups in total. The standard InChI is InChI=1S/C22H21N5O3/c1-26-13-12-23-20(26)19(15-8-4-2-5-9-15)25-18(28)14-17-21(29)27(22(30)24-17)16-10-6-3-7-11-16/h2-13,17,19H,14H2,1H3,(H,24,30)(H,25,28)/t17-,19+/m0/s1. The Balaban J connectivity index is 1.50. The summed E-state index contributed by atoms with van der Waals surface area (Å²) in [6.45, 7) is 0. The molecule has 8 heteroatoms. The van der Waals surface area contributed by atoms with Crippen LogP contribution in [0.1, 0.15) is 23.9 Å². The highest BCUT2D eigenvalue weighted by Gasteiger charge is 2.40. The van der Waals surface area contributed by atoms with Crippen molar-refractivity contribution in [2.45, 2.75) is 18.5 Å². The van der Waals surface area contributed by atoms with Gasteiger partial charge in [0.2, 0.25) is 5.91 Å². The van der Waals surface area contributed by atoms with Crippen molar-refractivity contribution in [3.8, 4) is 0 Å². The van der Waals surface area contributed by atoms with Gasteiger partial charge in [-0.2, -0.15) is 0 Å². The minimum Gasteiger partial charge on any atom is -0.342 e. The zero-order valence-electron chi connectivity index (χ0n) is 16.4. The molecule has 2 heterocycles. The van der Waals surface area contributed by atoms with E-state index in [-0.39, 0.29) is 12.3 Å². The van der Waals surface area contributed by atoms with Gasteiger partial charge in [0, 0.05) is 19.4 Å². The second kappa shape index (κ2) is 8.20. The van der Waals surface area contributed by atoms with E-state index < -0.39 is 24.0 Å². The summed E-state index contributed by atoms with van der Waals surface area (Å²) < 4.78 is 1.83. The number of nitrogens with zero attached hydrogens (tertiary/aromatic N) is 3. The maximum Gasteiger partial charge on any atom is 0.329 e. The molecule has 0 radical (unpaired) electrons. The van der Waals surface area contributed by atoms with Crippen LogP contribution in [0.2, 0.25) is 0 Å². The number of para-hydroxylation sites is 1. The predicted octanol–water partition coefficient (Wildman–Crippen LogP) is 2.14. The predicted molar refractivity (Wildman–Crippen MR) is 111 cm³/mol. The van der Waals surface area contributed by atoms with Crippen LogP contribution in [0, 0.1) is 0 Å². The molecule has 1 aliphatic heterocycles. The number of amides is 4. The van der Waals surface area contributed by atoms with Gasteiger partial charge >= 0.3 is 6.03 Å². The number of aromatic nitrogens is 2. The van der Waals surface area contributed by atoms with E-state index >= 15 is 0 Å². The topological polar surface area (TPSA) is 96.3 Å². The molecule has 3 aromatic rings. The van der Waals surface area contributed by atoms with Gasteiger partial charge < -0.3 is 15.2 Å². The minimum atomic E-state index is -0.921. The van der Waals surface area contributed by atoms with Gasteiger partial charge in [-0.25, -0.2) is 14.7 Å². The number of nitrogens with one attached hydrogen (secondary N) is 2. The van der Waals surface area contributed by atoms with Crippen LogP contribution in [-0.2, 0) is 16.6 Å². The van der Waals surface area contributed by atoms with Gasteiger partial charge in [-0.15, -0.1) is 0 Å². The van der Waals surface area contributed by atoms with Crippen molar-refractivity contribution in [2.75, 3.05) is 4.90 Å². The molecule has 30 heavy (non-hydrogen) atoms. The first kappa shape index (κ1) is 19.4. The molecule has 1 aromatic heterocycles. The number of carbonyl (C=O) groups is 3. The molecule has 152 valence electrons. The van der Waals surface area contributed by atoms with Gasteiger partial charge in [0.1, 0.15) is 17.9 Å². The van der Waals surface area contributed by atoms with Crippen molar-refractivity contribution in [3.05, 3.63) is 84.4 Å². The monoisotopic (exact) mass is 403 g/mol. The number of imidazole rings is 1. The Morgan fingerprint density at radius 1 is 1.10 bits per heavy atom. The largest absolute Gasteiger partial charge is 0.342 e. The second-order valence-electron chi connectivity index (χ2n) is 7.02. The number of hydrogen-bond donors (Lipinski definition) is 2. The average molecular weight is 403 g/mol. The van der Waals surface area contributed by atoms with Crippen molar-refractivity contribution < 1.29 is 14.4 Å². The lowest BCUT2D eigenvalue weighted by molar-refractivity contribution is -0.126. The van der Waals surface area contributed by atoms with Crippen LogP contribution in [0.5, 0.6) is 0 Å². The van der Waals surface area contributed by atoms with Gasteiger partial charge in [0.25, 0.3) is 5.91 Å². The van der Waals surface area contributed by atoms with Gasteiger partial charge in [-0.05, 0) is 17.7 Å². The first-order valence-electron chi connectivity index (χ1n) is 9.55. The van der Waals surface area contributed by atoms with Crippen LogP contribution in [-0.4, -0.2) is 33.4 Å². The zero-order valence-corrected chi connectivity index (χ0v) is 16.4. The molecule has 2 atom stereocenters. The summed E-state index contributed by atoms with van der Waals surface area (Å²) in [6, 6.07) is 16.2. The second-order valence-corrected chi connectivity index (χ2v) is 7.02. The number of carbonyl (C=O) groups excluding carboxylic acids is 3. The van der Waals surface area contributed by atoms with E-state index in [2.05, 4.69) is 15.6 Å². The fourth-order valence-electron chi connectivity index (χ4n) is 3.49. The number of benzene rings is 2. The molecule has 1 fully saturated rings. The van der Waals surface area contributed by atoms with E-state index in [0.29, 0.717) is 11.5 Å². The molecule has 4 rings (SSSR count). The lowest BCUT2D eigenvalue weighted by atomic mass is 10.1. The number of rotatable bonds is 6. The zero-order chi connectivity index (χ0) is 21.1. The number of anilines is 1. The van der Waals surface area contributed by atoms with Gasteiger partial charge in [-0.3, -0.25) is 9.59 Å². The van der Waals surface area contributed by atoms with Crippen molar-refractivity contribution in [3.63, 3.8) is 0 Å². The van der Waals surface area contributed by atoms with E-state index in [1.165, 1.54) is 0 Å². The quantitative estimate of drug-likeness (QED) is 0.617. The number of imide groups is 1. The number of aryl methyl sites for hydroxylation is 1. The summed E-state index contributed by atoms with van der Waals surface area (Å²) >= 11 is 0. The Morgan fingerprint density at radius 3 is 2.40 bits per heavy atom. The Kier molecular flexibility index (Phi) is 5.30. The molecule has 0 bridgehead atoms. The van der Waals surface area contributed by atoms with Crippen LogP contribution in [0.4, 0.5) is 10.5 Å².